The number of aromatic nitrogens is 3. The highest BCUT2D eigenvalue weighted by atomic mass is 79.9. The number of pyridine rings is 1. The first kappa shape index (κ1) is 18.1. The number of amides is 1. The molecule has 0 saturated heterocycles. The molecule has 1 N–H and O–H groups in total. The summed E-state index contributed by atoms with van der Waals surface area (Å²) < 4.78 is 2.37. The molecule has 1 amide bonds. The number of hydrogen-bond donors (Lipinski definition) is 1. The third kappa shape index (κ3) is 3.44. The molecule has 0 radical (unpaired) electrons. The number of rotatable bonds is 3. The number of hydrogen-bond acceptors (Lipinski definition) is 4. The van der Waals surface area contributed by atoms with Crippen LogP contribution >= 0.6 is 15.9 Å². The molecule has 2 heterocycles. The Balaban J connectivity index is 1.65. The van der Waals surface area contributed by atoms with E-state index in [9.17, 15) is 9.59 Å². The maximum atomic E-state index is 12.9. The van der Waals surface area contributed by atoms with Gasteiger partial charge in [0.25, 0.3) is 11.5 Å². The van der Waals surface area contributed by atoms with Crippen LogP contribution in [0.3, 0.4) is 0 Å². The molecule has 0 fully saturated rings. The standard InChI is InChI=1S/C21H15BrN4O2/c1-13-24-18-5-3-2-4-17(18)21(28)26(13)16-9-6-14(7-10-16)20(27)25-19-11-8-15(22)12-23-19/h2-12H,1H3,(H,23,25,27). The van der Waals surface area contributed by atoms with Gasteiger partial charge in [0, 0.05) is 16.2 Å². The molecule has 2 aromatic heterocycles. The first-order valence-electron chi connectivity index (χ1n) is 8.55. The highest BCUT2D eigenvalue weighted by molar-refractivity contribution is 9.10. The van der Waals surface area contributed by atoms with E-state index in [1.807, 2.05) is 18.2 Å². The third-order valence-corrected chi connectivity index (χ3v) is 4.77. The van der Waals surface area contributed by atoms with Crippen molar-refractivity contribution in [3.05, 3.63) is 93.1 Å². The van der Waals surface area contributed by atoms with Crippen LogP contribution in [0.15, 0.2) is 76.1 Å². The SMILES string of the molecule is Cc1nc2ccccc2c(=O)n1-c1ccc(C(=O)Nc2ccc(Br)cn2)cc1. The van der Waals surface area contributed by atoms with E-state index < -0.39 is 0 Å². The van der Waals surface area contributed by atoms with Crippen molar-refractivity contribution in [2.45, 2.75) is 6.92 Å². The van der Waals surface area contributed by atoms with Gasteiger partial charge in [-0.15, -0.1) is 0 Å². The van der Waals surface area contributed by atoms with Gasteiger partial charge in [-0.25, -0.2) is 9.97 Å². The molecule has 28 heavy (non-hydrogen) atoms. The first-order chi connectivity index (χ1) is 13.5. The number of nitrogens with one attached hydrogen (secondary N) is 1. The van der Waals surface area contributed by atoms with Gasteiger partial charge in [-0.2, -0.15) is 0 Å². The molecule has 0 spiro atoms. The zero-order valence-electron chi connectivity index (χ0n) is 14.9. The zero-order valence-corrected chi connectivity index (χ0v) is 16.5. The van der Waals surface area contributed by atoms with Crippen LogP contribution in [0.4, 0.5) is 5.82 Å². The third-order valence-electron chi connectivity index (χ3n) is 4.30. The van der Waals surface area contributed by atoms with Gasteiger partial charge in [-0.05, 0) is 71.4 Å². The molecule has 138 valence electrons. The number of carbonyl (C=O) groups excluding carboxylic acids is 1. The van der Waals surface area contributed by atoms with E-state index in [1.165, 1.54) is 0 Å². The van der Waals surface area contributed by atoms with E-state index in [2.05, 4.69) is 31.2 Å². The van der Waals surface area contributed by atoms with Gasteiger partial charge in [0.2, 0.25) is 0 Å². The Kier molecular flexibility index (Phi) is 4.75. The average Bonchev–Trinajstić information content (AvgIpc) is 2.70. The Morgan fingerprint density at radius 3 is 2.50 bits per heavy atom. The Bertz CT molecular complexity index is 1230. The van der Waals surface area contributed by atoms with Crippen LogP contribution in [0.1, 0.15) is 16.2 Å². The minimum absolute atomic E-state index is 0.139. The summed E-state index contributed by atoms with van der Waals surface area (Å²) in [7, 11) is 0. The van der Waals surface area contributed by atoms with Gasteiger partial charge in [-0.1, -0.05) is 12.1 Å². The van der Waals surface area contributed by atoms with Gasteiger partial charge in [-0.3, -0.25) is 14.2 Å². The number of fused-ring (bicyclic) bond motifs is 1. The van der Waals surface area contributed by atoms with Crippen LogP contribution in [-0.4, -0.2) is 20.4 Å². The topological polar surface area (TPSA) is 76.9 Å². The number of anilines is 1. The summed E-state index contributed by atoms with van der Waals surface area (Å²) in [5, 5.41) is 3.29. The second kappa shape index (κ2) is 7.36. The minimum Gasteiger partial charge on any atom is -0.307 e. The van der Waals surface area contributed by atoms with Crippen LogP contribution in [0.2, 0.25) is 0 Å². The summed E-state index contributed by atoms with van der Waals surface area (Å²) in [5.74, 6) is 0.769. The van der Waals surface area contributed by atoms with Crippen molar-refractivity contribution in [1.82, 2.24) is 14.5 Å². The maximum Gasteiger partial charge on any atom is 0.265 e. The van der Waals surface area contributed by atoms with Crippen molar-refractivity contribution >= 4 is 38.6 Å². The molecular weight excluding hydrogens is 420 g/mol. The van der Waals surface area contributed by atoms with Crippen molar-refractivity contribution in [2.75, 3.05) is 5.32 Å². The molecule has 4 rings (SSSR count). The van der Waals surface area contributed by atoms with E-state index in [-0.39, 0.29) is 11.5 Å². The molecular formula is C21H15BrN4O2. The van der Waals surface area contributed by atoms with Crippen LogP contribution in [0.5, 0.6) is 0 Å². The largest absolute Gasteiger partial charge is 0.307 e. The number of carbonyl (C=O) groups is 1. The Morgan fingerprint density at radius 2 is 1.79 bits per heavy atom. The Morgan fingerprint density at radius 1 is 1.04 bits per heavy atom. The normalized spacial score (nSPS) is 10.8. The van der Waals surface area contributed by atoms with Gasteiger partial charge in [0.15, 0.2) is 0 Å². The number of benzene rings is 2. The van der Waals surface area contributed by atoms with Crippen molar-refractivity contribution in [2.24, 2.45) is 0 Å². The molecule has 0 aliphatic carbocycles. The monoisotopic (exact) mass is 434 g/mol. The van der Waals surface area contributed by atoms with E-state index in [0.29, 0.717) is 33.8 Å². The first-order valence-corrected chi connectivity index (χ1v) is 9.34. The van der Waals surface area contributed by atoms with Crippen molar-refractivity contribution < 1.29 is 4.79 Å². The van der Waals surface area contributed by atoms with E-state index in [1.54, 1.807) is 60.2 Å². The fourth-order valence-corrected chi connectivity index (χ4v) is 3.18. The number of halogens is 1. The van der Waals surface area contributed by atoms with Gasteiger partial charge in [0.1, 0.15) is 11.6 Å². The maximum absolute atomic E-state index is 12.9. The summed E-state index contributed by atoms with van der Waals surface area (Å²) in [5.41, 5.74) is 1.64. The number of para-hydroxylation sites is 1. The Hall–Kier alpha value is -3.32. The second-order valence-electron chi connectivity index (χ2n) is 6.18. The van der Waals surface area contributed by atoms with Crippen molar-refractivity contribution in [3.8, 4) is 5.69 Å². The summed E-state index contributed by atoms with van der Waals surface area (Å²) in [6.07, 6.45) is 1.61. The molecule has 0 bridgehead atoms. The van der Waals surface area contributed by atoms with E-state index in [4.69, 9.17) is 0 Å². The lowest BCUT2D eigenvalue weighted by atomic mass is 10.2. The summed E-state index contributed by atoms with van der Waals surface area (Å²) >= 11 is 3.31. The van der Waals surface area contributed by atoms with Gasteiger partial charge >= 0.3 is 0 Å². The quantitative estimate of drug-likeness (QED) is 0.526. The highest BCUT2D eigenvalue weighted by Gasteiger charge is 2.11. The van der Waals surface area contributed by atoms with Crippen LogP contribution in [0, 0.1) is 6.92 Å². The molecule has 2 aromatic carbocycles. The fourth-order valence-electron chi connectivity index (χ4n) is 2.95. The summed E-state index contributed by atoms with van der Waals surface area (Å²) in [6, 6.07) is 17.6. The lowest BCUT2D eigenvalue weighted by molar-refractivity contribution is 0.102. The number of aryl methyl sites for hydroxylation is 1. The average molecular weight is 435 g/mol. The lowest BCUT2D eigenvalue weighted by Crippen LogP contribution is -2.22. The molecule has 7 heteroatoms. The van der Waals surface area contributed by atoms with Crippen LogP contribution in [0.25, 0.3) is 16.6 Å². The molecule has 0 atom stereocenters. The van der Waals surface area contributed by atoms with E-state index >= 15 is 0 Å². The molecule has 0 unspecified atom stereocenters. The molecule has 0 aliphatic rings. The fraction of sp³-hybridized carbons (Fsp3) is 0.0476. The highest BCUT2D eigenvalue weighted by Crippen LogP contribution is 2.15. The molecule has 0 aliphatic heterocycles. The predicted octanol–water partition coefficient (Wildman–Crippen LogP) is 4.10. The second-order valence-corrected chi connectivity index (χ2v) is 7.10. The van der Waals surface area contributed by atoms with Gasteiger partial charge in [0.05, 0.1) is 16.6 Å². The summed E-state index contributed by atoms with van der Waals surface area (Å²) in [6.45, 7) is 1.79. The lowest BCUT2D eigenvalue weighted by Gasteiger charge is -2.11. The zero-order chi connectivity index (χ0) is 19.7. The van der Waals surface area contributed by atoms with Crippen LogP contribution < -0.4 is 10.9 Å². The minimum atomic E-state index is -0.276. The molecule has 4 aromatic rings. The van der Waals surface area contributed by atoms with Crippen LogP contribution in [-0.2, 0) is 0 Å². The summed E-state index contributed by atoms with van der Waals surface area (Å²) in [4.78, 5) is 33.9. The van der Waals surface area contributed by atoms with E-state index in [0.717, 1.165) is 4.47 Å². The molecule has 6 nitrogen and oxygen atoms in total. The van der Waals surface area contributed by atoms with Gasteiger partial charge < -0.3 is 5.32 Å². The molecule has 0 saturated carbocycles. The Labute approximate surface area is 169 Å². The smallest absolute Gasteiger partial charge is 0.265 e. The van der Waals surface area contributed by atoms with Crippen molar-refractivity contribution in [1.29, 1.82) is 0 Å². The van der Waals surface area contributed by atoms with Crippen molar-refractivity contribution in [3.63, 3.8) is 0 Å². The number of nitrogens with zero attached hydrogens (tertiary/aromatic N) is 3. The predicted molar refractivity (Wildman–Crippen MR) is 112 cm³/mol.